The number of anilines is 1. The Kier molecular flexibility index (Phi) is 5.25. The molecule has 4 nitrogen and oxygen atoms in total. The number of nitrogen functional groups attached to an aromatic ring is 1. The predicted octanol–water partition coefficient (Wildman–Crippen LogP) is 2.51. The maximum absolute atomic E-state index is 12.4. The molecule has 0 aliphatic carbocycles. The van der Waals surface area contributed by atoms with Crippen LogP contribution in [-0.4, -0.2) is 28.5 Å². The molecule has 0 unspecified atom stereocenters. The number of aromatic nitrogens is 1. The average Bonchev–Trinajstić information content (AvgIpc) is 2.69. The van der Waals surface area contributed by atoms with E-state index in [2.05, 4.69) is 13.8 Å². The number of carbonyl (C=O) groups excluding carboxylic acids is 1. The zero-order valence-electron chi connectivity index (χ0n) is 11.9. The van der Waals surface area contributed by atoms with Gasteiger partial charge in [-0.25, -0.2) is 0 Å². The second-order valence-electron chi connectivity index (χ2n) is 4.80. The SMILES string of the molecule is CCC(CC)CN(CC)C(=O)c1cc(N)cn1C. The van der Waals surface area contributed by atoms with Gasteiger partial charge < -0.3 is 15.2 Å². The van der Waals surface area contributed by atoms with Gasteiger partial charge in [-0.3, -0.25) is 4.79 Å². The molecule has 4 heteroatoms. The van der Waals surface area contributed by atoms with Crippen molar-refractivity contribution in [3.8, 4) is 0 Å². The van der Waals surface area contributed by atoms with E-state index in [1.807, 2.05) is 18.9 Å². The third-order valence-electron chi connectivity index (χ3n) is 3.55. The third-order valence-corrected chi connectivity index (χ3v) is 3.55. The minimum Gasteiger partial charge on any atom is -0.397 e. The number of amides is 1. The summed E-state index contributed by atoms with van der Waals surface area (Å²) in [7, 11) is 1.86. The monoisotopic (exact) mass is 251 g/mol. The number of rotatable bonds is 6. The smallest absolute Gasteiger partial charge is 0.270 e. The van der Waals surface area contributed by atoms with Crippen molar-refractivity contribution in [2.45, 2.75) is 33.6 Å². The summed E-state index contributed by atoms with van der Waals surface area (Å²) >= 11 is 0. The van der Waals surface area contributed by atoms with Crippen molar-refractivity contribution in [1.82, 2.24) is 9.47 Å². The molecule has 1 heterocycles. The summed E-state index contributed by atoms with van der Waals surface area (Å²) < 4.78 is 1.80. The van der Waals surface area contributed by atoms with Crippen LogP contribution in [0.25, 0.3) is 0 Å². The minimum absolute atomic E-state index is 0.0728. The van der Waals surface area contributed by atoms with E-state index in [0.29, 0.717) is 17.3 Å². The maximum Gasteiger partial charge on any atom is 0.270 e. The van der Waals surface area contributed by atoms with Gasteiger partial charge in [0.2, 0.25) is 0 Å². The van der Waals surface area contributed by atoms with Crippen LogP contribution >= 0.6 is 0 Å². The number of nitrogens with two attached hydrogens (primary N) is 1. The van der Waals surface area contributed by atoms with Gasteiger partial charge in [-0.05, 0) is 18.9 Å². The molecule has 0 aliphatic heterocycles. The molecule has 1 rings (SSSR count). The van der Waals surface area contributed by atoms with E-state index in [1.54, 1.807) is 16.8 Å². The van der Waals surface area contributed by atoms with Gasteiger partial charge in [0.15, 0.2) is 0 Å². The Labute approximate surface area is 110 Å². The fourth-order valence-electron chi connectivity index (χ4n) is 2.18. The Morgan fingerprint density at radius 2 is 2.00 bits per heavy atom. The highest BCUT2D eigenvalue weighted by Crippen LogP contribution is 2.15. The predicted molar refractivity (Wildman–Crippen MR) is 75.5 cm³/mol. The first-order valence-corrected chi connectivity index (χ1v) is 6.74. The average molecular weight is 251 g/mol. The topological polar surface area (TPSA) is 51.3 Å². The van der Waals surface area contributed by atoms with Crippen LogP contribution in [0.15, 0.2) is 12.3 Å². The molecule has 102 valence electrons. The van der Waals surface area contributed by atoms with Gasteiger partial charge in [-0.1, -0.05) is 26.7 Å². The first-order chi connectivity index (χ1) is 8.53. The number of carbonyl (C=O) groups is 1. The van der Waals surface area contributed by atoms with Gasteiger partial charge in [-0.15, -0.1) is 0 Å². The molecular formula is C14H25N3O. The van der Waals surface area contributed by atoms with Crippen molar-refractivity contribution in [3.63, 3.8) is 0 Å². The van der Waals surface area contributed by atoms with Crippen LogP contribution in [0.1, 0.15) is 44.1 Å². The van der Waals surface area contributed by atoms with Crippen LogP contribution in [0.3, 0.4) is 0 Å². The van der Waals surface area contributed by atoms with Gasteiger partial charge in [0, 0.05) is 26.3 Å². The van der Waals surface area contributed by atoms with Crippen molar-refractivity contribution < 1.29 is 4.79 Å². The summed E-state index contributed by atoms with van der Waals surface area (Å²) in [6, 6.07) is 1.75. The minimum atomic E-state index is 0.0728. The summed E-state index contributed by atoms with van der Waals surface area (Å²) in [6.45, 7) is 7.93. The van der Waals surface area contributed by atoms with Crippen LogP contribution in [0.4, 0.5) is 5.69 Å². The fraction of sp³-hybridized carbons (Fsp3) is 0.643. The van der Waals surface area contributed by atoms with E-state index in [9.17, 15) is 4.79 Å². The zero-order chi connectivity index (χ0) is 13.7. The van der Waals surface area contributed by atoms with Crippen LogP contribution in [0, 0.1) is 5.92 Å². The van der Waals surface area contributed by atoms with E-state index >= 15 is 0 Å². The number of hydrogen-bond acceptors (Lipinski definition) is 2. The lowest BCUT2D eigenvalue weighted by atomic mass is 10.0. The van der Waals surface area contributed by atoms with Gasteiger partial charge in [-0.2, -0.15) is 0 Å². The number of aryl methyl sites for hydroxylation is 1. The lowest BCUT2D eigenvalue weighted by molar-refractivity contribution is 0.0725. The van der Waals surface area contributed by atoms with Crippen LogP contribution in [0.2, 0.25) is 0 Å². The molecule has 0 bridgehead atoms. The van der Waals surface area contributed by atoms with E-state index in [4.69, 9.17) is 5.73 Å². The second-order valence-corrected chi connectivity index (χ2v) is 4.80. The summed E-state index contributed by atoms with van der Waals surface area (Å²) in [6.07, 6.45) is 3.99. The molecule has 0 spiro atoms. The summed E-state index contributed by atoms with van der Waals surface area (Å²) in [5.41, 5.74) is 7.03. The standard InChI is InChI=1S/C14H25N3O/c1-5-11(6-2)9-17(7-3)14(18)13-8-12(15)10-16(13)4/h8,10-11H,5-7,9,15H2,1-4H3. The Bertz CT molecular complexity index is 394. The number of nitrogens with zero attached hydrogens (tertiary/aromatic N) is 2. The van der Waals surface area contributed by atoms with E-state index in [1.165, 1.54) is 0 Å². The van der Waals surface area contributed by atoms with Gasteiger partial charge in [0.05, 0.1) is 5.69 Å². The highest BCUT2D eigenvalue weighted by atomic mass is 16.2. The first kappa shape index (κ1) is 14.6. The quantitative estimate of drug-likeness (QED) is 0.844. The molecule has 0 fully saturated rings. The molecule has 18 heavy (non-hydrogen) atoms. The van der Waals surface area contributed by atoms with Crippen molar-refractivity contribution in [1.29, 1.82) is 0 Å². The third kappa shape index (κ3) is 3.28. The van der Waals surface area contributed by atoms with Gasteiger partial charge in [0.1, 0.15) is 5.69 Å². The molecule has 0 aliphatic rings. The Morgan fingerprint density at radius 3 is 2.39 bits per heavy atom. The summed E-state index contributed by atoms with van der Waals surface area (Å²) in [4.78, 5) is 14.3. The molecule has 2 N–H and O–H groups in total. The Balaban J connectivity index is 2.82. The summed E-state index contributed by atoms with van der Waals surface area (Å²) in [5.74, 6) is 0.648. The molecule has 1 aromatic heterocycles. The lowest BCUT2D eigenvalue weighted by Crippen LogP contribution is -2.36. The van der Waals surface area contributed by atoms with Gasteiger partial charge >= 0.3 is 0 Å². The van der Waals surface area contributed by atoms with Crippen molar-refractivity contribution in [3.05, 3.63) is 18.0 Å². The van der Waals surface area contributed by atoms with Gasteiger partial charge in [0.25, 0.3) is 5.91 Å². The van der Waals surface area contributed by atoms with Crippen LogP contribution in [-0.2, 0) is 7.05 Å². The molecule has 0 radical (unpaired) electrons. The fourth-order valence-corrected chi connectivity index (χ4v) is 2.18. The Morgan fingerprint density at radius 1 is 1.39 bits per heavy atom. The van der Waals surface area contributed by atoms with E-state index < -0.39 is 0 Å². The molecule has 0 saturated carbocycles. The molecule has 0 atom stereocenters. The summed E-state index contributed by atoms with van der Waals surface area (Å²) in [5, 5.41) is 0. The van der Waals surface area contributed by atoms with Crippen LogP contribution < -0.4 is 5.73 Å². The highest BCUT2D eigenvalue weighted by Gasteiger charge is 2.19. The second kappa shape index (κ2) is 6.47. The highest BCUT2D eigenvalue weighted by molar-refractivity contribution is 5.93. The Hall–Kier alpha value is -1.45. The van der Waals surface area contributed by atoms with Crippen LogP contribution in [0.5, 0.6) is 0 Å². The largest absolute Gasteiger partial charge is 0.397 e. The van der Waals surface area contributed by atoms with Crippen molar-refractivity contribution >= 4 is 11.6 Å². The van der Waals surface area contributed by atoms with Crippen molar-refractivity contribution in [2.75, 3.05) is 18.8 Å². The molecule has 1 amide bonds. The normalized spacial score (nSPS) is 10.9. The molecule has 0 aromatic carbocycles. The van der Waals surface area contributed by atoms with E-state index in [-0.39, 0.29) is 5.91 Å². The zero-order valence-corrected chi connectivity index (χ0v) is 11.9. The van der Waals surface area contributed by atoms with E-state index in [0.717, 1.165) is 25.9 Å². The lowest BCUT2D eigenvalue weighted by Gasteiger charge is -2.25. The van der Waals surface area contributed by atoms with Crippen molar-refractivity contribution in [2.24, 2.45) is 13.0 Å². The molecule has 0 saturated heterocycles. The molecular weight excluding hydrogens is 226 g/mol. The first-order valence-electron chi connectivity index (χ1n) is 6.74. The maximum atomic E-state index is 12.4. The number of hydrogen-bond donors (Lipinski definition) is 1. The molecule has 1 aromatic rings.